The molecule has 0 saturated heterocycles. The van der Waals surface area contributed by atoms with E-state index in [9.17, 15) is 4.79 Å². The predicted octanol–water partition coefficient (Wildman–Crippen LogP) is 4.34. The van der Waals surface area contributed by atoms with Crippen molar-refractivity contribution in [2.24, 2.45) is 22.9 Å². The van der Waals surface area contributed by atoms with E-state index in [0.717, 1.165) is 23.1 Å². The highest BCUT2D eigenvalue weighted by molar-refractivity contribution is 6.30. The van der Waals surface area contributed by atoms with Gasteiger partial charge in [-0.25, -0.2) is 5.43 Å². The molecule has 1 amide bonds. The Balaban J connectivity index is 1.55. The molecule has 0 radical (unpaired) electrons. The van der Waals surface area contributed by atoms with Gasteiger partial charge in [-0.15, -0.1) is 0 Å². The highest BCUT2D eigenvalue weighted by Crippen LogP contribution is 2.48. The minimum absolute atomic E-state index is 0.230. The van der Waals surface area contributed by atoms with E-state index in [1.54, 1.807) is 19.1 Å². The number of benzene rings is 1. The molecular formula is C19H25ClN2O2. The molecular weight excluding hydrogens is 324 g/mol. The smallest absolute Gasteiger partial charge is 0.280 e. The third-order valence-electron chi connectivity index (χ3n) is 5.43. The minimum atomic E-state index is -0.610. The van der Waals surface area contributed by atoms with Crippen molar-refractivity contribution in [1.29, 1.82) is 0 Å². The number of rotatable bonds is 5. The monoisotopic (exact) mass is 348 g/mol. The molecule has 3 rings (SSSR count). The first-order valence-corrected chi connectivity index (χ1v) is 9.08. The number of nitrogens with one attached hydrogen (secondary N) is 1. The van der Waals surface area contributed by atoms with Crippen molar-refractivity contribution in [2.45, 2.75) is 52.6 Å². The highest BCUT2D eigenvalue weighted by atomic mass is 35.5. The first-order chi connectivity index (χ1) is 11.4. The summed E-state index contributed by atoms with van der Waals surface area (Å²) >= 11 is 5.94. The van der Waals surface area contributed by atoms with E-state index in [2.05, 4.69) is 10.5 Å². The van der Waals surface area contributed by atoms with Crippen molar-refractivity contribution in [3.05, 3.63) is 28.8 Å². The van der Waals surface area contributed by atoms with Gasteiger partial charge in [0.2, 0.25) is 0 Å². The lowest BCUT2D eigenvalue weighted by molar-refractivity contribution is -0.127. The number of nitrogens with zero attached hydrogens (tertiary/aromatic N) is 1. The highest BCUT2D eigenvalue weighted by Gasteiger charge is 2.40. The number of halogens is 1. The largest absolute Gasteiger partial charge is 0.481 e. The summed E-state index contributed by atoms with van der Waals surface area (Å²) in [6.45, 7) is 5.66. The van der Waals surface area contributed by atoms with E-state index in [4.69, 9.17) is 16.3 Å². The summed E-state index contributed by atoms with van der Waals surface area (Å²) in [6.07, 6.45) is 4.63. The third kappa shape index (κ3) is 3.75. The minimum Gasteiger partial charge on any atom is -0.481 e. The average Bonchev–Trinajstić information content (AvgIpc) is 3.17. The van der Waals surface area contributed by atoms with Gasteiger partial charge in [-0.1, -0.05) is 18.0 Å². The number of hydrogen-bond acceptors (Lipinski definition) is 3. The number of carbonyl (C=O) groups is 1. The Morgan fingerprint density at radius 2 is 2.17 bits per heavy atom. The molecule has 0 aliphatic heterocycles. The number of ether oxygens (including phenoxy) is 1. The van der Waals surface area contributed by atoms with Gasteiger partial charge in [-0.3, -0.25) is 4.79 Å². The van der Waals surface area contributed by atoms with Crippen molar-refractivity contribution in [3.63, 3.8) is 0 Å². The van der Waals surface area contributed by atoms with Crippen molar-refractivity contribution in [3.8, 4) is 5.75 Å². The second-order valence-electron chi connectivity index (χ2n) is 7.18. The van der Waals surface area contributed by atoms with Crippen LogP contribution in [-0.4, -0.2) is 17.7 Å². The Labute approximate surface area is 148 Å². The molecule has 24 heavy (non-hydrogen) atoms. The summed E-state index contributed by atoms with van der Waals surface area (Å²) in [7, 11) is 0. The van der Waals surface area contributed by atoms with Crippen LogP contribution >= 0.6 is 11.6 Å². The molecule has 2 bridgehead atoms. The van der Waals surface area contributed by atoms with Crippen molar-refractivity contribution >= 4 is 23.2 Å². The van der Waals surface area contributed by atoms with Crippen LogP contribution in [0, 0.1) is 24.7 Å². The van der Waals surface area contributed by atoms with Gasteiger partial charge in [-0.2, -0.15) is 5.10 Å². The number of fused-ring (bicyclic) bond motifs is 2. The Bertz CT molecular complexity index is 659. The maximum absolute atomic E-state index is 12.2. The molecule has 0 aromatic heterocycles. The number of aryl methyl sites for hydroxylation is 1. The SMILES string of the molecule is C/C(=N/NC(=O)[C@@H](C)Oc1ccc(Cl)cc1C)[C@H]1C[C@@H]2CC[C@@H]1C2. The second kappa shape index (κ2) is 7.14. The Morgan fingerprint density at radius 3 is 2.79 bits per heavy atom. The molecule has 5 heteroatoms. The lowest BCUT2D eigenvalue weighted by Gasteiger charge is -2.21. The topological polar surface area (TPSA) is 50.7 Å². The summed E-state index contributed by atoms with van der Waals surface area (Å²) in [5, 5.41) is 5.00. The fourth-order valence-corrected chi connectivity index (χ4v) is 4.29. The zero-order chi connectivity index (χ0) is 17.3. The van der Waals surface area contributed by atoms with Crippen molar-refractivity contribution in [2.75, 3.05) is 0 Å². The van der Waals surface area contributed by atoms with E-state index in [-0.39, 0.29) is 5.91 Å². The summed E-state index contributed by atoms with van der Waals surface area (Å²) in [4.78, 5) is 12.2. The van der Waals surface area contributed by atoms with Crippen LogP contribution in [0.1, 0.15) is 45.1 Å². The van der Waals surface area contributed by atoms with Crippen LogP contribution < -0.4 is 10.2 Å². The fourth-order valence-electron chi connectivity index (χ4n) is 4.06. The molecule has 2 fully saturated rings. The zero-order valence-electron chi connectivity index (χ0n) is 14.5. The van der Waals surface area contributed by atoms with Gasteiger partial charge in [-0.05, 0) is 75.6 Å². The van der Waals surface area contributed by atoms with Gasteiger partial charge < -0.3 is 4.74 Å². The lowest BCUT2D eigenvalue weighted by atomic mass is 9.86. The van der Waals surface area contributed by atoms with Gasteiger partial charge >= 0.3 is 0 Å². The summed E-state index contributed by atoms with van der Waals surface area (Å²) in [6, 6.07) is 5.36. The average molecular weight is 349 g/mol. The van der Waals surface area contributed by atoms with E-state index in [1.165, 1.54) is 25.7 Å². The Hall–Kier alpha value is -1.55. The van der Waals surface area contributed by atoms with Crippen molar-refractivity contribution in [1.82, 2.24) is 5.43 Å². The van der Waals surface area contributed by atoms with Crippen LogP contribution in [0.5, 0.6) is 5.75 Å². The summed E-state index contributed by atoms with van der Waals surface area (Å²) < 4.78 is 5.73. The van der Waals surface area contributed by atoms with Crippen LogP contribution in [0.3, 0.4) is 0 Å². The van der Waals surface area contributed by atoms with Crippen LogP contribution in [-0.2, 0) is 4.79 Å². The van der Waals surface area contributed by atoms with Gasteiger partial charge in [0.05, 0.1) is 0 Å². The zero-order valence-corrected chi connectivity index (χ0v) is 15.3. The molecule has 0 spiro atoms. The summed E-state index contributed by atoms with van der Waals surface area (Å²) in [5.41, 5.74) is 4.62. The predicted molar refractivity (Wildman–Crippen MR) is 96.5 cm³/mol. The molecule has 2 aliphatic rings. The van der Waals surface area contributed by atoms with Crippen LogP contribution in [0.15, 0.2) is 23.3 Å². The van der Waals surface area contributed by atoms with Crippen molar-refractivity contribution < 1.29 is 9.53 Å². The first kappa shape index (κ1) is 17.3. The fraction of sp³-hybridized carbons (Fsp3) is 0.579. The molecule has 4 atom stereocenters. The van der Waals surface area contributed by atoms with Gasteiger partial charge in [0, 0.05) is 16.7 Å². The lowest BCUT2D eigenvalue weighted by Crippen LogP contribution is -2.34. The normalized spacial score (nSPS) is 27.2. The molecule has 0 heterocycles. The maximum Gasteiger partial charge on any atom is 0.280 e. The van der Waals surface area contributed by atoms with E-state index >= 15 is 0 Å². The van der Waals surface area contributed by atoms with E-state index in [1.807, 2.05) is 19.9 Å². The third-order valence-corrected chi connectivity index (χ3v) is 5.66. The van der Waals surface area contributed by atoms with Crippen LogP contribution in [0.4, 0.5) is 0 Å². The number of hydrogen-bond donors (Lipinski definition) is 1. The maximum atomic E-state index is 12.2. The molecule has 2 aliphatic carbocycles. The van der Waals surface area contributed by atoms with E-state index < -0.39 is 6.10 Å². The number of amides is 1. The molecule has 4 nitrogen and oxygen atoms in total. The molecule has 1 aromatic rings. The number of hydrazone groups is 1. The van der Waals surface area contributed by atoms with Gasteiger partial charge in [0.1, 0.15) is 5.75 Å². The molecule has 1 aromatic carbocycles. The summed E-state index contributed by atoms with van der Waals surface area (Å²) in [5.74, 6) is 2.61. The van der Waals surface area contributed by atoms with Gasteiger partial charge in [0.15, 0.2) is 6.10 Å². The van der Waals surface area contributed by atoms with E-state index in [0.29, 0.717) is 16.7 Å². The van der Waals surface area contributed by atoms with Gasteiger partial charge in [0.25, 0.3) is 5.91 Å². The molecule has 130 valence electrons. The number of carbonyl (C=O) groups excluding carboxylic acids is 1. The Morgan fingerprint density at radius 1 is 1.38 bits per heavy atom. The van der Waals surface area contributed by atoms with Crippen LogP contribution in [0.2, 0.25) is 5.02 Å². The first-order valence-electron chi connectivity index (χ1n) is 8.71. The Kier molecular flexibility index (Phi) is 5.14. The molecule has 2 saturated carbocycles. The quantitative estimate of drug-likeness (QED) is 0.635. The molecule has 0 unspecified atom stereocenters. The van der Waals surface area contributed by atoms with Crippen LogP contribution in [0.25, 0.3) is 0 Å². The molecule has 1 N–H and O–H groups in total. The standard InChI is InChI=1S/C19H25ClN2O2/c1-11-8-16(20)6-7-18(11)24-13(3)19(23)22-21-12(2)17-10-14-4-5-15(17)9-14/h6-8,13-15,17H,4-5,9-10H2,1-3H3,(H,22,23)/b21-12-/t13-,14-,15-,17-/m1/s1. The second-order valence-corrected chi connectivity index (χ2v) is 7.62.